The maximum atomic E-state index is 12.5. The Hall–Kier alpha value is -1.92. The third-order valence-electron chi connectivity index (χ3n) is 4.85. The lowest BCUT2D eigenvalue weighted by Gasteiger charge is -2.27. The molecule has 1 aliphatic heterocycles. The molecule has 2 amide bonds. The summed E-state index contributed by atoms with van der Waals surface area (Å²) < 4.78 is 1.56. The molecule has 1 atom stereocenters. The van der Waals surface area contributed by atoms with Crippen LogP contribution in [0.3, 0.4) is 0 Å². The average Bonchev–Trinajstić information content (AvgIpc) is 2.79. The van der Waals surface area contributed by atoms with Gasteiger partial charge in [0.2, 0.25) is 0 Å². The van der Waals surface area contributed by atoms with Crippen LogP contribution in [0.1, 0.15) is 73.3 Å². The molecule has 126 valence electrons. The van der Waals surface area contributed by atoms with Gasteiger partial charge in [0.1, 0.15) is 0 Å². The molecule has 3 rings (SSSR count). The van der Waals surface area contributed by atoms with Crippen molar-refractivity contribution in [3.8, 4) is 0 Å². The van der Waals surface area contributed by atoms with E-state index in [1.165, 1.54) is 12.8 Å². The molecule has 0 saturated heterocycles. The molecular formula is C16H25N5O2. The lowest BCUT2D eigenvalue weighted by molar-refractivity contribution is 0.0857. The van der Waals surface area contributed by atoms with Crippen LogP contribution in [-0.2, 0) is 6.54 Å². The number of nitrogens with zero attached hydrogens (tertiary/aromatic N) is 3. The summed E-state index contributed by atoms with van der Waals surface area (Å²) in [6, 6.07) is 0.201. The van der Waals surface area contributed by atoms with Gasteiger partial charge in [0.05, 0.1) is 12.6 Å². The summed E-state index contributed by atoms with van der Waals surface area (Å²) in [4.78, 5) is 24.9. The van der Waals surface area contributed by atoms with E-state index in [4.69, 9.17) is 0 Å². The summed E-state index contributed by atoms with van der Waals surface area (Å²) in [6.45, 7) is 4.65. The predicted octanol–water partition coefficient (Wildman–Crippen LogP) is 1.50. The molecule has 2 N–H and O–H groups in total. The molecule has 1 aliphatic carbocycles. The quantitative estimate of drug-likeness (QED) is 0.826. The van der Waals surface area contributed by atoms with Crippen LogP contribution < -0.4 is 10.6 Å². The van der Waals surface area contributed by atoms with E-state index in [9.17, 15) is 9.59 Å². The van der Waals surface area contributed by atoms with E-state index in [1.807, 2.05) is 13.8 Å². The minimum absolute atomic E-state index is 0.0227. The lowest BCUT2D eigenvalue weighted by Crippen LogP contribution is -2.48. The molecule has 2 aliphatic rings. The van der Waals surface area contributed by atoms with E-state index in [1.54, 1.807) is 4.68 Å². The third-order valence-corrected chi connectivity index (χ3v) is 4.85. The second-order valence-electron chi connectivity index (χ2n) is 6.95. The zero-order valence-corrected chi connectivity index (χ0v) is 13.8. The molecule has 0 spiro atoms. The van der Waals surface area contributed by atoms with Crippen LogP contribution in [-0.4, -0.2) is 38.9 Å². The zero-order chi connectivity index (χ0) is 16.4. The van der Waals surface area contributed by atoms with E-state index >= 15 is 0 Å². The summed E-state index contributed by atoms with van der Waals surface area (Å²) in [5, 5.41) is 14.0. The molecule has 0 aromatic carbocycles. The summed E-state index contributed by atoms with van der Waals surface area (Å²) in [6.07, 6.45) is 6.73. The van der Waals surface area contributed by atoms with Crippen molar-refractivity contribution in [2.75, 3.05) is 0 Å². The number of nitrogens with one attached hydrogen (secondary N) is 2. The highest BCUT2D eigenvalue weighted by Crippen LogP contribution is 2.19. The molecular weight excluding hydrogens is 294 g/mol. The Balaban J connectivity index is 1.74. The average molecular weight is 319 g/mol. The van der Waals surface area contributed by atoms with Gasteiger partial charge in [-0.15, -0.1) is 5.10 Å². The third kappa shape index (κ3) is 3.38. The minimum Gasteiger partial charge on any atom is -0.348 e. The van der Waals surface area contributed by atoms with Gasteiger partial charge < -0.3 is 10.6 Å². The molecule has 1 fully saturated rings. The summed E-state index contributed by atoms with van der Waals surface area (Å²) in [7, 11) is 0. The number of carbonyl (C=O) groups excluding carboxylic acids is 2. The summed E-state index contributed by atoms with van der Waals surface area (Å²) >= 11 is 0. The molecule has 0 bridgehead atoms. The molecule has 23 heavy (non-hydrogen) atoms. The van der Waals surface area contributed by atoms with Crippen molar-refractivity contribution in [3.63, 3.8) is 0 Å². The van der Waals surface area contributed by atoms with Crippen LogP contribution >= 0.6 is 0 Å². The lowest BCUT2D eigenvalue weighted by atomic mass is 10.0. The van der Waals surface area contributed by atoms with Gasteiger partial charge in [-0.3, -0.25) is 9.59 Å². The van der Waals surface area contributed by atoms with Gasteiger partial charge in [0.25, 0.3) is 11.8 Å². The summed E-state index contributed by atoms with van der Waals surface area (Å²) in [5.41, 5.74) is 0.432. The fourth-order valence-electron chi connectivity index (χ4n) is 3.34. The number of aromatic nitrogens is 3. The topological polar surface area (TPSA) is 88.9 Å². The van der Waals surface area contributed by atoms with Gasteiger partial charge in [-0.05, 0) is 18.8 Å². The largest absolute Gasteiger partial charge is 0.348 e. The van der Waals surface area contributed by atoms with Crippen molar-refractivity contribution in [1.82, 2.24) is 25.6 Å². The molecule has 1 saturated carbocycles. The molecule has 7 heteroatoms. The van der Waals surface area contributed by atoms with E-state index in [2.05, 4.69) is 20.9 Å². The number of hydrogen-bond acceptors (Lipinski definition) is 4. The number of rotatable bonds is 3. The van der Waals surface area contributed by atoms with Gasteiger partial charge in [-0.1, -0.05) is 44.7 Å². The van der Waals surface area contributed by atoms with Gasteiger partial charge in [-0.2, -0.15) is 0 Å². The number of fused-ring (bicyclic) bond motifs is 1. The van der Waals surface area contributed by atoms with Crippen molar-refractivity contribution >= 4 is 11.8 Å². The normalized spacial score (nSPS) is 22.4. The van der Waals surface area contributed by atoms with Crippen LogP contribution in [0.2, 0.25) is 0 Å². The van der Waals surface area contributed by atoms with E-state index in [-0.39, 0.29) is 35.3 Å². The first-order valence-corrected chi connectivity index (χ1v) is 8.61. The first kappa shape index (κ1) is 16.0. The molecule has 1 aromatic rings. The van der Waals surface area contributed by atoms with Crippen molar-refractivity contribution in [1.29, 1.82) is 0 Å². The highest BCUT2D eigenvalue weighted by atomic mass is 16.2. The smallest absolute Gasteiger partial charge is 0.274 e. The molecule has 2 heterocycles. The van der Waals surface area contributed by atoms with Crippen molar-refractivity contribution in [2.24, 2.45) is 5.92 Å². The second kappa shape index (κ2) is 6.68. The Kier molecular flexibility index (Phi) is 4.63. The van der Waals surface area contributed by atoms with Gasteiger partial charge in [0.15, 0.2) is 11.4 Å². The van der Waals surface area contributed by atoms with Crippen LogP contribution in [0.5, 0.6) is 0 Å². The maximum Gasteiger partial charge on any atom is 0.274 e. The SMILES string of the molecule is CC(C)C1Cn2nnc(C(=O)NC3CCCCCC3)c2C(=O)N1. The fraction of sp³-hybridized carbons (Fsp3) is 0.750. The monoisotopic (exact) mass is 319 g/mol. The molecule has 7 nitrogen and oxygen atoms in total. The van der Waals surface area contributed by atoms with E-state index in [0.29, 0.717) is 12.5 Å². The number of hydrogen-bond donors (Lipinski definition) is 2. The molecule has 0 radical (unpaired) electrons. The highest BCUT2D eigenvalue weighted by molar-refractivity contribution is 6.05. The molecule has 1 unspecified atom stereocenters. The fourth-order valence-corrected chi connectivity index (χ4v) is 3.34. The van der Waals surface area contributed by atoms with Gasteiger partial charge in [-0.25, -0.2) is 4.68 Å². The second-order valence-corrected chi connectivity index (χ2v) is 6.95. The predicted molar refractivity (Wildman–Crippen MR) is 85.1 cm³/mol. The Bertz CT molecular complexity index is 587. The van der Waals surface area contributed by atoms with Crippen molar-refractivity contribution in [2.45, 2.75) is 71.0 Å². The van der Waals surface area contributed by atoms with Crippen molar-refractivity contribution in [3.05, 3.63) is 11.4 Å². The Morgan fingerprint density at radius 1 is 1.26 bits per heavy atom. The highest BCUT2D eigenvalue weighted by Gasteiger charge is 2.33. The molecule has 1 aromatic heterocycles. The zero-order valence-electron chi connectivity index (χ0n) is 13.8. The maximum absolute atomic E-state index is 12.5. The number of amides is 2. The summed E-state index contributed by atoms with van der Waals surface area (Å²) in [5.74, 6) is -0.234. The van der Waals surface area contributed by atoms with Gasteiger partial charge in [0, 0.05) is 6.04 Å². The Morgan fingerprint density at radius 3 is 2.61 bits per heavy atom. The standard InChI is InChI=1S/C16H25N5O2/c1-10(2)12-9-21-14(16(23)18-12)13(19-20-21)15(22)17-11-7-5-3-4-6-8-11/h10-12H,3-9H2,1-2H3,(H,17,22)(H,18,23). The van der Waals surface area contributed by atoms with Crippen LogP contribution in [0, 0.1) is 5.92 Å². The minimum atomic E-state index is -0.281. The first-order chi connectivity index (χ1) is 11.1. The van der Waals surface area contributed by atoms with Crippen LogP contribution in [0.15, 0.2) is 0 Å². The van der Waals surface area contributed by atoms with Gasteiger partial charge >= 0.3 is 0 Å². The Morgan fingerprint density at radius 2 is 1.96 bits per heavy atom. The first-order valence-electron chi connectivity index (χ1n) is 8.61. The van der Waals surface area contributed by atoms with E-state index in [0.717, 1.165) is 25.7 Å². The Labute approximate surface area is 136 Å². The van der Waals surface area contributed by atoms with Crippen LogP contribution in [0.25, 0.3) is 0 Å². The van der Waals surface area contributed by atoms with E-state index < -0.39 is 0 Å². The van der Waals surface area contributed by atoms with Crippen molar-refractivity contribution < 1.29 is 9.59 Å². The number of carbonyl (C=O) groups is 2. The van der Waals surface area contributed by atoms with Crippen LogP contribution in [0.4, 0.5) is 0 Å².